The molecule has 0 aliphatic carbocycles. The number of anilines is 2. The van der Waals surface area contributed by atoms with Gasteiger partial charge in [0.25, 0.3) is 5.91 Å². The van der Waals surface area contributed by atoms with Crippen molar-refractivity contribution >= 4 is 39.7 Å². The number of nitrogens with zero attached hydrogens (tertiary/aromatic N) is 2. The Labute approximate surface area is 155 Å². The van der Waals surface area contributed by atoms with Gasteiger partial charge in [-0.1, -0.05) is 18.2 Å². The standard InChI is InChI=1S/C20H18N4OS/c1-13(21)17-7-8-18(26-17)20(25)24(14-5-3-2-4-6-14)16-10-12-23-19-15(16)9-11-22-19/h2-13H,21H2,1H3,(H,22,23). The van der Waals surface area contributed by atoms with E-state index in [4.69, 9.17) is 5.73 Å². The average molecular weight is 362 g/mol. The van der Waals surface area contributed by atoms with Crippen molar-refractivity contribution < 1.29 is 4.79 Å². The smallest absolute Gasteiger partial charge is 0.272 e. The molecule has 130 valence electrons. The summed E-state index contributed by atoms with van der Waals surface area (Å²) in [6, 6.07) is 17.1. The number of carbonyl (C=O) groups excluding carboxylic acids is 1. The first-order valence-corrected chi connectivity index (χ1v) is 9.13. The molecule has 1 atom stereocenters. The van der Waals surface area contributed by atoms with Crippen molar-refractivity contribution in [3.8, 4) is 0 Å². The van der Waals surface area contributed by atoms with Gasteiger partial charge in [-0.2, -0.15) is 0 Å². The van der Waals surface area contributed by atoms with Crippen LogP contribution in [-0.2, 0) is 0 Å². The molecule has 0 radical (unpaired) electrons. The fourth-order valence-corrected chi connectivity index (χ4v) is 3.80. The summed E-state index contributed by atoms with van der Waals surface area (Å²) in [5.41, 5.74) is 8.31. The molecule has 0 aliphatic rings. The lowest BCUT2D eigenvalue weighted by molar-refractivity contribution is 0.100. The van der Waals surface area contributed by atoms with Crippen LogP contribution in [0.25, 0.3) is 11.0 Å². The molecule has 1 aromatic carbocycles. The predicted octanol–water partition coefficient (Wildman–Crippen LogP) is 4.62. The average Bonchev–Trinajstić information content (AvgIpc) is 3.33. The van der Waals surface area contributed by atoms with Crippen molar-refractivity contribution in [1.82, 2.24) is 9.97 Å². The van der Waals surface area contributed by atoms with E-state index in [2.05, 4.69) is 9.97 Å². The maximum Gasteiger partial charge on any atom is 0.272 e. The number of carbonyl (C=O) groups is 1. The van der Waals surface area contributed by atoms with Gasteiger partial charge in [0, 0.05) is 34.4 Å². The Balaban J connectivity index is 1.86. The number of amides is 1. The molecule has 0 saturated carbocycles. The number of hydrogen-bond donors (Lipinski definition) is 2. The maximum atomic E-state index is 13.4. The number of nitrogens with one attached hydrogen (secondary N) is 1. The molecule has 0 bridgehead atoms. The van der Waals surface area contributed by atoms with Gasteiger partial charge >= 0.3 is 0 Å². The van der Waals surface area contributed by atoms with Crippen LogP contribution in [0.4, 0.5) is 11.4 Å². The Hall–Kier alpha value is -2.96. The number of thiophene rings is 1. The number of fused-ring (bicyclic) bond motifs is 1. The molecular formula is C20H18N4OS. The van der Waals surface area contributed by atoms with Gasteiger partial charge in [0.2, 0.25) is 0 Å². The van der Waals surface area contributed by atoms with E-state index in [1.165, 1.54) is 11.3 Å². The van der Waals surface area contributed by atoms with E-state index in [9.17, 15) is 4.79 Å². The van der Waals surface area contributed by atoms with Gasteiger partial charge in [-0.05, 0) is 43.3 Å². The fraction of sp³-hybridized carbons (Fsp3) is 0.100. The first kappa shape index (κ1) is 16.5. The lowest BCUT2D eigenvalue weighted by Gasteiger charge is -2.23. The summed E-state index contributed by atoms with van der Waals surface area (Å²) < 4.78 is 0. The zero-order chi connectivity index (χ0) is 18.1. The van der Waals surface area contributed by atoms with E-state index in [0.717, 1.165) is 27.3 Å². The molecule has 4 rings (SSSR count). The molecule has 1 amide bonds. The number of para-hydroxylation sites is 1. The molecule has 26 heavy (non-hydrogen) atoms. The molecule has 0 saturated heterocycles. The highest BCUT2D eigenvalue weighted by Crippen LogP contribution is 2.34. The topological polar surface area (TPSA) is 75.0 Å². The summed E-state index contributed by atoms with van der Waals surface area (Å²) in [4.78, 5) is 24.2. The fourth-order valence-electron chi connectivity index (χ4n) is 2.91. The molecule has 3 aromatic heterocycles. The number of pyridine rings is 1. The van der Waals surface area contributed by atoms with Crippen molar-refractivity contribution in [2.45, 2.75) is 13.0 Å². The number of H-pyrrole nitrogens is 1. The van der Waals surface area contributed by atoms with Crippen LogP contribution >= 0.6 is 11.3 Å². The van der Waals surface area contributed by atoms with E-state index in [1.807, 2.05) is 67.7 Å². The van der Waals surface area contributed by atoms with Crippen LogP contribution in [0.3, 0.4) is 0 Å². The summed E-state index contributed by atoms with van der Waals surface area (Å²) >= 11 is 1.43. The lowest BCUT2D eigenvalue weighted by Crippen LogP contribution is -2.25. The number of benzene rings is 1. The molecule has 3 N–H and O–H groups in total. The lowest BCUT2D eigenvalue weighted by atomic mass is 10.2. The van der Waals surface area contributed by atoms with E-state index >= 15 is 0 Å². The van der Waals surface area contributed by atoms with Crippen molar-refractivity contribution in [3.05, 3.63) is 76.7 Å². The second-order valence-electron chi connectivity index (χ2n) is 6.04. The van der Waals surface area contributed by atoms with Crippen molar-refractivity contribution in [1.29, 1.82) is 0 Å². The minimum Gasteiger partial charge on any atom is -0.346 e. The minimum atomic E-state index is -0.0935. The molecule has 0 fully saturated rings. The monoisotopic (exact) mass is 362 g/mol. The second kappa shape index (κ2) is 6.74. The van der Waals surface area contributed by atoms with Crippen LogP contribution in [0.2, 0.25) is 0 Å². The van der Waals surface area contributed by atoms with Gasteiger partial charge in [0.05, 0.1) is 10.6 Å². The predicted molar refractivity (Wildman–Crippen MR) is 106 cm³/mol. The number of rotatable bonds is 4. The van der Waals surface area contributed by atoms with E-state index in [0.29, 0.717) is 4.88 Å². The van der Waals surface area contributed by atoms with Crippen LogP contribution in [0.15, 0.2) is 67.0 Å². The minimum absolute atomic E-state index is 0.0817. The van der Waals surface area contributed by atoms with Crippen LogP contribution in [-0.4, -0.2) is 15.9 Å². The molecule has 0 spiro atoms. The number of hydrogen-bond acceptors (Lipinski definition) is 4. The second-order valence-corrected chi connectivity index (χ2v) is 7.15. The highest BCUT2D eigenvalue weighted by atomic mass is 32.1. The SMILES string of the molecule is CC(N)c1ccc(C(=O)N(c2ccccc2)c2ccnc3[nH]ccc23)s1. The molecule has 1 unspecified atom stereocenters. The van der Waals surface area contributed by atoms with Crippen LogP contribution < -0.4 is 10.6 Å². The molecule has 5 nitrogen and oxygen atoms in total. The number of nitrogens with two attached hydrogens (primary N) is 1. The maximum absolute atomic E-state index is 13.4. The Kier molecular flexibility index (Phi) is 4.28. The highest BCUT2D eigenvalue weighted by molar-refractivity contribution is 7.14. The Morgan fingerprint density at radius 1 is 1.15 bits per heavy atom. The molecule has 3 heterocycles. The van der Waals surface area contributed by atoms with Crippen molar-refractivity contribution in [3.63, 3.8) is 0 Å². The number of aromatic nitrogens is 2. The van der Waals surface area contributed by atoms with Crippen LogP contribution in [0.5, 0.6) is 0 Å². The molecule has 6 heteroatoms. The number of aromatic amines is 1. The summed E-state index contributed by atoms with van der Waals surface area (Å²) in [5.74, 6) is -0.0817. The van der Waals surface area contributed by atoms with Gasteiger partial charge in [-0.15, -0.1) is 11.3 Å². The summed E-state index contributed by atoms with van der Waals surface area (Å²) in [5, 5.41) is 0.897. The quantitative estimate of drug-likeness (QED) is 0.556. The zero-order valence-corrected chi connectivity index (χ0v) is 15.0. The molecule has 4 aromatic rings. The Morgan fingerprint density at radius 2 is 1.96 bits per heavy atom. The molecular weight excluding hydrogens is 344 g/mol. The third kappa shape index (κ3) is 2.89. The van der Waals surface area contributed by atoms with Crippen LogP contribution in [0, 0.1) is 0 Å². The third-order valence-corrected chi connectivity index (χ3v) is 5.46. The molecule has 0 aliphatic heterocycles. The Bertz CT molecular complexity index is 1050. The Morgan fingerprint density at radius 3 is 2.69 bits per heavy atom. The third-order valence-electron chi connectivity index (χ3n) is 4.18. The van der Waals surface area contributed by atoms with E-state index in [-0.39, 0.29) is 11.9 Å². The van der Waals surface area contributed by atoms with E-state index in [1.54, 1.807) is 11.1 Å². The summed E-state index contributed by atoms with van der Waals surface area (Å²) in [6.07, 6.45) is 3.54. The van der Waals surface area contributed by atoms with E-state index < -0.39 is 0 Å². The highest BCUT2D eigenvalue weighted by Gasteiger charge is 2.23. The summed E-state index contributed by atoms with van der Waals surface area (Å²) in [6.45, 7) is 1.92. The van der Waals surface area contributed by atoms with Gasteiger partial charge < -0.3 is 10.7 Å². The normalized spacial score (nSPS) is 12.2. The van der Waals surface area contributed by atoms with Gasteiger partial charge in [0.15, 0.2) is 0 Å². The van der Waals surface area contributed by atoms with Gasteiger partial charge in [-0.3, -0.25) is 9.69 Å². The zero-order valence-electron chi connectivity index (χ0n) is 14.2. The van der Waals surface area contributed by atoms with Crippen molar-refractivity contribution in [2.75, 3.05) is 4.90 Å². The largest absolute Gasteiger partial charge is 0.346 e. The first-order valence-electron chi connectivity index (χ1n) is 8.32. The first-order chi connectivity index (χ1) is 12.6. The van der Waals surface area contributed by atoms with Crippen molar-refractivity contribution in [2.24, 2.45) is 5.73 Å². The summed E-state index contributed by atoms with van der Waals surface area (Å²) in [7, 11) is 0. The van der Waals surface area contributed by atoms with Gasteiger partial charge in [0.1, 0.15) is 5.65 Å². The van der Waals surface area contributed by atoms with Crippen LogP contribution in [0.1, 0.15) is 27.5 Å². The van der Waals surface area contributed by atoms with Gasteiger partial charge in [-0.25, -0.2) is 4.98 Å².